The van der Waals surface area contributed by atoms with Crippen LogP contribution in [0.4, 0.5) is 0 Å². The number of sulfone groups is 1. The molecule has 0 unspecified atom stereocenters. The van der Waals surface area contributed by atoms with Crippen molar-refractivity contribution in [3.63, 3.8) is 0 Å². The van der Waals surface area contributed by atoms with Gasteiger partial charge >= 0.3 is 0 Å². The Bertz CT molecular complexity index is 778. The number of rotatable bonds is 7. The monoisotopic (exact) mass is 399 g/mol. The number of thioether (sulfide) groups is 1. The fourth-order valence-electron chi connectivity index (χ4n) is 3.24. The van der Waals surface area contributed by atoms with Crippen LogP contribution in [0.25, 0.3) is 0 Å². The summed E-state index contributed by atoms with van der Waals surface area (Å²) < 4.78 is 34.5. The molecule has 1 aromatic rings. The molecule has 3 rings (SSSR count). The lowest BCUT2D eigenvalue weighted by Crippen LogP contribution is -2.26. The summed E-state index contributed by atoms with van der Waals surface area (Å²) in [7, 11) is -2.90. The lowest BCUT2D eigenvalue weighted by Gasteiger charge is -2.14. The Morgan fingerprint density at radius 3 is 2.92 bits per heavy atom. The topological polar surface area (TPSA) is 81.7 Å². The first-order chi connectivity index (χ1) is 12.4. The van der Waals surface area contributed by atoms with Crippen molar-refractivity contribution in [3.8, 4) is 11.5 Å². The zero-order valence-electron chi connectivity index (χ0n) is 15.1. The molecule has 1 fully saturated rings. The van der Waals surface area contributed by atoms with Gasteiger partial charge in [-0.3, -0.25) is 4.79 Å². The van der Waals surface area contributed by atoms with Gasteiger partial charge < -0.3 is 14.8 Å². The second kappa shape index (κ2) is 8.08. The summed E-state index contributed by atoms with van der Waals surface area (Å²) in [5.74, 6) is 2.21. The van der Waals surface area contributed by atoms with E-state index in [-0.39, 0.29) is 34.5 Å². The number of ether oxygens (including phenoxy) is 2. The summed E-state index contributed by atoms with van der Waals surface area (Å²) in [6.45, 7) is 4.88. The van der Waals surface area contributed by atoms with Crippen LogP contribution in [0.15, 0.2) is 12.1 Å². The van der Waals surface area contributed by atoms with Crippen LogP contribution in [-0.4, -0.2) is 49.5 Å². The van der Waals surface area contributed by atoms with Crippen molar-refractivity contribution in [2.75, 3.05) is 23.9 Å². The molecule has 0 radical (unpaired) electrons. The van der Waals surface area contributed by atoms with Gasteiger partial charge in [0.25, 0.3) is 0 Å². The van der Waals surface area contributed by atoms with Crippen LogP contribution in [0, 0.1) is 0 Å². The molecule has 2 atom stereocenters. The zero-order chi connectivity index (χ0) is 18.7. The van der Waals surface area contributed by atoms with Crippen molar-refractivity contribution in [1.29, 1.82) is 0 Å². The first-order valence-electron chi connectivity index (χ1n) is 8.90. The number of hydrogen-bond donors (Lipinski definition) is 1. The van der Waals surface area contributed by atoms with Gasteiger partial charge in [-0.1, -0.05) is 0 Å². The quantitative estimate of drug-likeness (QED) is 0.755. The molecule has 0 saturated carbocycles. The fourth-order valence-corrected chi connectivity index (χ4v) is 6.71. The maximum Gasteiger partial charge on any atom is 0.230 e. The molecule has 144 valence electrons. The standard InChI is InChI=1S/C18H25NO5S2/c1-3-23-16-7-13-6-12(2)24-17(13)8-14(16)9-19-18(20)10-25-15-4-5-26(21,22)11-15/h7-8,12,15H,3-6,9-11H2,1-2H3,(H,19,20)/t12-,15-/m1/s1. The molecular formula is C18H25NO5S2. The van der Waals surface area contributed by atoms with Gasteiger partial charge in [0.1, 0.15) is 17.6 Å². The van der Waals surface area contributed by atoms with E-state index in [0.29, 0.717) is 19.6 Å². The number of amides is 1. The van der Waals surface area contributed by atoms with Gasteiger partial charge in [-0.2, -0.15) is 0 Å². The van der Waals surface area contributed by atoms with Crippen molar-refractivity contribution in [1.82, 2.24) is 5.32 Å². The van der Waals surface area contributed by atoms with Gasteiger partial charge in [0.2, 0.25) is 5.91 Å². The molecule has 0 aliphatic carbocycles. The van der Waals surface area contributed by atoms with Crippen LogP contribution in [-0.2, 0) is 27.6 Å². The van der Waals surface area contributed by atoms with E-state index in [2.05, 4.69) is 5.32 Å². The lowest BCUT2D eigenvalue weighted by atomic mass is 10.1. The van der Waals surface area contributed by atoms with Gasteiger partial charge in [-0.05, 0) is 32.4 Å². The molecule has 2 aliphatic rings. The minimum atomic E-state index is -2.90. The van der Waals surface area contributed by atoms with E-state index >= 15 is 0 Å². The maximum atomic E-state index is 12.1. The summed E-state index contributed by atoms with van der Waals surface area (Å²) in [6, 6.07) is 3.95. The van der Waals surface area contributed by atoms with Crippen LogP contribution < -0.4 is 14.8 Å². The Kier molecular flexibility index (Phi) is 6.02. The average Bonchev–Trinajstić information content (AvgIpc) is 3.11. The third-order valence-electron chi connectivity index (χ3n) is 4.50. The Morgan fingerprint density at radius 2 is 2.23 bits per heavy atom. The van der Waals surface area contributed by atoms with Crippen molar-refractivity contribution in [3.05, 3.63) is 23.3 Å². The molecule has 1 aromatic carbocycles. The third kappa shape index (κ3) is 4.85. The van der Waals surface area contributed by atoms with Crippen LogP contribution in [0.1, 0.15) is 31.4 Å². The average molecular weight is 400 g/mol. The van der Waals surface area contributed by atoms with Crippen molar-refractivity contribution in [2.45, 2.75) is 44.6 Å². The zero-order valence-corrected chi connectivity index (χ0v) is 16.7. The van der Waals surface area contributed by atoms with E-state index in [1.165, 1.54) is 11.8 Å². The molecule has 8 heteroatoms. The highest BCUT2D eigenvalue weighted by Gasteiger charge is 2.28. The van der Waals surface area contributed by atoms with Gasteiger partial charge in [0.15, 0.2) is 9.84 Å². The molecule has 2 aliphatic heterocycles. The molecule has 0 bridgehead atoms. The molecule has 6 nitrogen and oxygen atoms in total. The van der Waals surface area contributed by atoms with E-state index < -0.39 is 9.84 Å². The predicted octanol–water partition coefficient (Wildman–Crippen LogP) is 1.95. The predicted molar refractivity (Wildman–Crippen MR) is 103 cm³/mol. The summed E-state index contributed by atoms with van der Waals surface area (Å²) in [5.41, 5.74) is 2.02. The van der Waals surface area contributed by atoms with E-state index in [0.717, 1.165) is 29.0 Å². The molecule has 2 heterocycles. The van der Waals surface area contributed by atoms with E-state index in [1.807, 2.05) is 26.0 Å². The number of hydrogen-bond acceptors (Lipinski definition) is 6. The summed E-state index contributed by atoms with van der Waals surface area (Å²) >= 11 is 1.42. The smallest absolute Gasteiger partial charge is 0.230 e. The molecular weight excluding hydrogens is 374 g/mol. The maximum absolute atomic E-state index is 12.1. The van der Waals surface area contributed by atoms with E-state index in [4.69, 9.17) is 9.47 Å². The molecule has 0 aromatic heterocycles. The van der Waals surface area contributed by atoms with Crippen LogP contribution in [0.3, 0.4) is 0 Å². The Balaban J connectivity index is 1.55. The highest BCUT2D eigenvalue weighted by molar-refractivity contribution is 8.02. The largest absolute Gasteiger partial charge is 0.494 e. The highest BCUT2D eigenvalue weighted by atomic mass is 32.2. The van der Waals surface area contributed by atoms with Crippen LogP contribution in [0.2, 0.25) is 0 Å². The summed E-state index contributed by atoms with van der Waals surface area (Å²) in [4.78, 5) is 12.1. The Hall–Kier alpha value is -1.41. The molecule has 1 saturated heterocycles. The van der Waals surface area contributed by atoms with E-state index in [9.17, 15) is 13.2 Å². The minimum Gasteiger partial charge on any atom is -0.494 e. The molecule has 1 amide bonds. The SMILES string of the molecule is CCOc1cc2c(cc1CNC(=O)CS[C@@H]1CCS(=O)(=O)C1)O[C@H](C)C2. The number of nitrogens with one attached hydrogen (secondary N) is 1. The van der Waals surface area contributed by atoms with Crippen LogP contribution >= 0.6 is 11.8 Å². The Labute approximate surface area is 158 Å². The molecule has 26 heavy (non-hydrogen) atoms. The third-order valence-corrected chi connectivity index (χ3v) is 7.78. The molecule has 1 N–H and O–H groups in total. The first kappa shape index (κ1) is 19.4. The minimum absolute atomic E-state index is 0.0274. The second-order valence-electron chi connectivity index (χ2n) is 6.75. The van der Waals surface area contributed by atoms with Gasteiger partial charge in [0.05, 0.1) is 23.9 Å². The Morgan fingerprint density at radius 1 is 1.42 bits per heavy atom. The second-order valence-corrected chi connectivity index (χ2v) is 10.3. The van der Waals surface area contributed by atoms with Gasteiger partial charge in [-0.25, -0.2) is 8.42 Å². The lowest BCUT2D eigenvalue weighted by molar-refractivity contribution is -0.118. The number of carbonyl (C=O) groups is 1. The van der Waals surface area contributed by atoms with Crippen molar-refractivity contribution in [2.24, 2.45) is 0 Å². The highest BCUT2D eigenvalue weighted by Crippen LogP contribution is 2.35. The van der Waals surface area contributed by atoms with Gasteiger partial charge in [0, 0.05) is 29.3 Å². The summed E-state index contributed by atoms with van der Waals surface area (Å²) in [5, 5.41) is 2.93. The fraction of sp³-hybridized carbons (Fsp3) is 0.611. The van der Waals surface area contributed by atoms with Crippen LogP contribution in [0.5, 0.6) is 11.5 Å². The first-order valence-corrected chi connectivity index (χ1v) is 11.8. The number of carbonyl (C=O) groups excluding carboxylic acids is 1. The van der Waals surface area contributed by atoms with E-state index in [1.54, 1.807) is 0 Å². The van der Waals surface area contributed by atoms with Crippen molar-refractivity contribution < 1.29 is 22.7 Å². The number of benzene rings is 1. The number of fused-ring (bicyclic) bond motifs is 1. The summed E-state index contributed by atoms with van der Waals surface area (Å²) in [6.07, 6.45) is 1.65. The van der Waals surface area contributed by atoms with Crippen molar-refractivity contribution >= 4 is 27.5 Å². The van der Waals surface area contributed by atoms with Gasteiger partial charge in [-0.15, -0.1) is 11.8 Å². The normalized spacial score (nSPS) is 23.3. The molecule has 0 spiro atoms.